The molecule has 0 saturated heterocycles. The minimum atomic E-state index is -0.813. The average Bonchev–Trinajstić information content (AvgIpc) is 2.82. The van der Waals surface area contributed by atoms with Crippen LogP contribution in [0.25, 0.3) is 0 Å². The highest BCUT2D eigenvalue weighted by Gasteiger charge is 2.21. The number of aromatic nitrogens is 3. The fourth-order valence-electron chi connectivity index (χ4n) is 2.45. The molecule has 2 heterocycles. The first-order valence-electron chi connectivity index (χ1n) is 7.17. The number of nitrogens with zero attached hydrogens (tertiary/aromatic N) is 2. The van der Waals surface area contributed by atoms with E-state index in [2.05, 4.69) is 10.1 Å². The Balaban J connectivity index is 2.12. The summed E-state index contributed by atoms with van der Waals surface area (Å²) in [6.45, 7) is 4.27. The Labute approximate surface area is 137 Å². The maximum atomic E-state index is 12.2. The van der Waals surface area contributed by atoms with E-state index in [-0.39, 0.29) is 22.7 Å². The van der Waals surface area contributed by atoms with Crippen molar-refractivity contribution in [1.29, 1.82) is 0 Å². The van der Waals surface area contributed by atoms with Gasteiger partial charge < -0.3 is 9.72 Å². The van der Waals surface area contributed by atoms with Crippen LogP contribution in [0.3, 0.4) is 0 Å². The van der Waals surface area contributed by atoms with Crippen molar-refractivity contribution in [3.63, 3.8) is 0 Å². The van der Waals surface area contributed by atoms with E-state index >= 15 is 0 Å². The Bertz CT molecular complexity index is 892. The zero-order valence-electron chi connectivity index (χ0n) is 13.8. The predicted molar refractivity (Wildman–Crippen MR) is 84.4 cm³/mol. The van der Waals surface area contributed by atoms with Crippen LogP contribution in [0, 0.1) is 13.8 Å². The van der Waals surface area contributed by atoms with E-state index in [0.717, 1.165) is 4.68 Å². The van der Waals surface area contributed by atoms with Gasteiger partial charge in [0.1, 0.15) is 0 Å². The molecule has 126 valence electrons. The third-order valence-electron chi connectivity index (χ3n) is 3.57. The van der Waals surface area contributed by atoms with Crippen LogP contribution in [0.4, 0.5) is 0 Å². The molecule has 1 N–H and O–H groups in total. The van der Waals surface area contributed by atoms with Gasteiger partial charge in [0, 0.05) is 24.4 Å². The summed E-state index contributed by atoms with van der Waals surface area (Å²) < 4.78 is 5.93. The summed E-state index contributed by atoms with van der Waals surface area (Å²) in [7, 11) is 1.40. The van der Waals surface area contributed by atoms with Gasteiger partial charge in [-0.2, -0.15) is 5.10 Å². The molecule has 8 heteroatoms. The van der Waals surface area contributed by atoms with E-state index in [1.165, 1.54) is 26.1 Å². The highest BCUT2D eigenvalue weighted by molar-refractivity contribution is 6.04. The monoisotopic (exact) mass is 331 g/mol. The SMILES string of the molecule is CC(=O)c1c(C)[nH]c(C(=O)COC(=O)c2ccc(=O)n(C)n2)c1C. The average molecular weight is 331 g/mol. The third kappa shape index (κ3) is 3.32. The second-order valence-electron chi connectivity index (χ2n) is 5.36. The van der Waals surface area contributed by atoms with Gasteiger partial charge in [-0.15, -0.1) is 0 Å². The molecule has 0 fully saturated rings. The zero-order valence-corrected chi connectivity index (χ0v) is 13.8. The minimum absolute atomic E-state index is 0.0753. The van der Waals surface area contributed by atoms with E-state index < -0.39 is 18.4 Å². The maximum absolute atomic E-state index is 12.2. The molecule has 0 spiro atoms. The van der Waals surface area contributed by atoms with Gasteiger partial charge in [-0.3, -0.25) is 14.4 Å². The molecule has 0 aliphatic carbocycles. The Hall–Kier alpha value is -3.03. The molecule has 0 saturated carbocycles. The molecule has 0 unspecified atom stereocenters. The summed E-state index contributed by atoms with van der Waals surface area (Å²) in [6.07, 6.45) is 0. The number of hydrogen-bond donors (Lipinski definition) is 1. The van der Waals surface area contributed by atoms with Crippen molar-refractivity contribution in [2.24, 2.45) is 7.05 Å². The molecule has 8 nitrogen and oxygen atoms in total. The normalized spacial score (nSPS) is 10.5. The van der Waals surface area contributed by atoms with Crippen molar-refractivity contribution in [1.82, 2.24) is 14.8 Å². The Kier molecular flexibility index (Phi) is 4.77. The van der Waals surface area contributed by atoms with Crippen LogP contribution >= 0.6 is 0 Å². The molecule has 2 aromatic rings. The van der Waals surface area contributed by atoms with Crippen LogP contribution in [0.2, 0.25) is 0 Å². The second kappa shape index (κ2) is 6.61. The molecular formula is C16H17N3O5. The van der Waals surface area contributed by atoms with Crippen molar-refractivity contribution in [3.8, 4) is 0 Å². The lowest BCUT2D eigenvalue weighted by molar-refractivity contribution is 0.0465. The smallest absolute Gasteiger partial charge is 0.359 e. The van der Waals surface area contributed by atoms with Crippen molar-refractivity contribution >= 4 is 17.5 Å². The van der Waals surface area contributed by atoms with E-state index in [9.17, 15) is 19.2 Å². The number of H-pyrrole nitrogens is 1. The van der Waals surface area contributed by atoms with Crippen LogP contribution < -0.4 is 5.56 Å². The van der Waals surface area contributed by atoms with Crippen molar-refractivity contribution in [3.05, 3.63) is 50.7 Å². The summed E-state index contributed by atoms with van der Waals surface area (Å²) in [4.78, 5) is 49.8. The standard InChI is InChI=1S/C16H17N3O5/c1-8-14(10(3)20)9(2)17-15(8)12(21)7-24-16(23)11-5-6-13(22)19(4)18-11/h5-6,17H,7H2,1-4H3. The summed E-state index contributed by atoms with van der Waals surface area (Å²) >= 11 is 0. The number of esters is 1. The van der Waals surface area contributed by atoms with Crippen LogP contribution in [-0.2, 0) is 11.8 Å². The van der Waals surface area contributed by atoms with Crippen molar-refractivity contribution in [2.45, 2.75) is 20.8 Å². The quantitative estimate of drug-likeness (QED) is 0.645. The van der Waals surface area contributed by atoms with Gasteiger partial charge in [-0.25, -0.2) is 9.48 Å². The predicted octanol–water partition coefficient (Wildman–Crippen LogP) is 0.968. The molecule has 0 amide bonds. The van der Waals surface area contributed by atoms with Gasteiger partial charge in [0.25, 0.3) is 5.56 Å². The second-order valence-corrected chi connectivity index (χ2v) is 5.36. The molecule has 24 heavy (non-hydrogen) atoms. The number of aryl methyl sites for hydroxylation is 2. The highest BCUT2D eigenvalue weighted by atomic mass is 16.5. The lowest BCUT2D eigenvalue weighted by atomic mass is 10.1. The number of ketones is 2. The number of ether oxygens (including phenoxy) is 1. The number of rotatable bonds is 5. The van der Waals surface area contributed by atoms with E-state index in [0.29, 0.717) is 16.8 Å². The van der Waals surface area contributed by atoms with Gasteiger partial charge in [0.15, 0.2) is 18.1 Å². The van der Waals surface area contributed by atoms with Crippen LogP contribution in [0.15, 0.2) is 16.9 Å². The maximum Gasteiger partial charge on any atom is 0.359 e. The largest absolute Gasteiger partial charge is 0.452 e. The van der Waals surface area contributed by atoms with Gasteiger partial charge in [-0.05, 0) is 32.4 Å². The molecule has 0 bridgehead atoms. The lowest BCUT2D eigenvalue weighted by Gasteiger charge is -2.04. The lowest BCUT2D eigenvalue weighted by Crippen LogP contribution is -2.23. The molecule has 0 radical (unpaired) electrons. The molecule has 0 aliphatic heterocycles. The summed E-state index contributed by atoms with van der Waals surface area (Å²) in [5, 5.41) is 3.75. The van der Waals surface area contributed by atoms with Gasteiger partial charge >= 0.3 is 5.97 Å². The van der Waals surface area contributed by atoms with Crippen LogP contribution in [0.5, 0.6) is 0 Å². The van der Waals surface area contributed by atoms with E-state index in [1.54, 1.807) is 13.8 Å². The first-order chi connectivity index (χ1) is 11.2. The number of carbonyl (C=O) groups is 3. The van der Waals surface area contributed by atoms with Gasteiger partial charge in [0.2, 0.25) is 5.78 Å². The number of hydrogen-bond acceptors (Lipinski definition) is 6. The Morgan fingerprint density at radius 3 is 2.46 bits per heavy atom. The number of aromatic amines is 1. The first-order valence-corrected chi connectivity index (χ1v) is 7.17. The summed E-state index contributed by atoms with van der Waals surface area (Å²) in [5.74, 6) is -1.42. The fraction of sp³-hybridized carbons (Fsp3) is 0.312. The van der Waals surface area contributed by atoms with Crippen LogP contribution in [-0.4, -0.2) is 38.9 Å². The molecule has 2 aromatic heterocycles. The first kappa shape index (κ1) is 17.3. The summed E-state index contributed by atoms with van der Waals surface area (Å²) in [5.41, 5.74) is 1.38. The van der Waals surface area contributed by atoms with E-state index in [4.69, 9.17) is 4.74 Å². The molecule has 0 aliphatic rings. The molecular weight excluding hydrogens is 314 g/mol. The molecule has 0 atom stereocenters. The Morgan fingerprint density at radius 2 is 1.92 bits per heavy atom. The number of carbonyl (C=O) groups excluding carboxylic acids is 3. The van der Waals surface area contributed by atoms with Crippen molar-refractivity contribution < 1.29 is 19.1 Å². The zero-order chi connectivity index (χ0) is 18.0. The van der Waals surface area contributed by atoms with Gasteiger partial charge in [-0.1, -0.05) is 0 Å². The number of nitrogens with one attached hydrogen (secondary N) is 1. The van der Waals surface area contributed by atoms with E-state index in [1.807, 2.05) is 0 Å². The summed E-state index contributed by atoms with van der Waals surface area (Å²) in [6, 6.07) is 2.41. The fourth-order valence-corrected chi connectivity index (χ4v) is 2.45. The third-order valence-corrected chi connectivity index (χ3v) is 3.57. The minimum Gasteiger partial charge on any atom is -0.452 e. The van der Waals surface area contributed by atoms with Gasteiger partial charge in [0.05, 0.1) is 5.69 Å². The topological polar surface area (TPSA) is 111 Å². The highest BCUT2D eigenvalue weighted by Crippen LogP contribution is 2.19. The van der Waals surface area contributed by atoms with Crippen molar-refractivity contribution in [2.75, 3.05) is 6.61 Å². The van der Waals surface area contributed by atoms with Crippen LogP contribution in [0.1, 0.15) is 49.5 Å². The molecule has 0 aromatic carbocycles. The number of Topliss-reactive ketones (excluding diaryl/α,β-unsaturated/α-hetero) is 2. The Morgan fingerprint density at radius 1 is 1.25 bits per heavy atom. The molecule has 2 rings (SSSR count).